The van der Waals surface area contributed by atoms with Crippen molar-refractivity contribution >= 4 is 17.2 Å². The van der Waals surface area contributed by atoms with Crippen LogP contribution < -0.4 is 0 Å². The molecule has 1 aromatic carbocycles. The molecule has 0 N–H and O–H groups in total. The fourth-order valence-electron chi connectivity index (χ4n) is 2.69. The van der Waals surface area contributed by atoms with Gasteiger partial charge in [0.1, 0.15) is 11.5 Å². The van der Waals surface area contributed by atoms with E-state index in [9.17, 15) is 9.18 Å². The van der Waals surface area contributed by atoms with Gasteiger partial charge in [-0.05, 0) is 37.1 Å². The first-order chi connectivity index (χ1) is 11.8. The summed E-state index contributed by atoms with van der Waals surface area (Å²) in [6, 6.07) is 6.90. The molecule has 3 rings (SSSR count). The van der Waals surface area contributed by atoms with Crippen LogP contribution in [0.15, 0.2) is 35.8 Å². The molecule has 0 radical (unpaired) electrons. The average molecular weight is 357 g/mol. The molecule has 0 atom stereocenters. The number of nitrogens with zero attached hydrogens (tertiary/aromatic N) is 3. The number of carbonyl (C=O) groups is 1. The van der Waals surface area contributed by atoms with Crippen molar-refractivity contribution in [2.75, 3.05) is 7.05 Å². The van der Waals surface area contributed by atoms with Crippen molar-refractivity contribution in [3.05, 3.63) is 63.5 Å². The average Bonchev–Trinajstić information content (AvgIpc) is 3.16. The van der Waals surface area contributed by atoms with Crippen LogP contribution in [-0.4, -0.2) is 27.4 Å². The van der Waals surface area contributed by atoms with E-state index in [-0.39, 0.29) is 11.7 Å². The minimum Gasteiger partial charge on any atom is -0.346 e. The lowest BCUT2D eigenvalue weighted by atomic mass is 10.1. The molecule has 2 aromatic heterocycles. The normalized spacial score (nSPS) is 10.9. The SMILES string of the molecule is Cc1nc(-c2cc(C(=O)N(C)Cc3ccc(C)c(F)c3)n(C)c2)cs1. The summed E-state index contributed by atoms with van der Waals surface area (Å²) < 4.78 is 15.5. The lowest BCUT2D eigenvalue weighted by molar-refractivity contribution is 0.0775. The molecule has 3 aromatic rings. The van der Waals surface area contributed by atoms with Crippen LogP contribution in [0.2, 0.25) is 0 Å². The van der Waals surface area contributed by atoms with E-state index in [1.54, 1.807) is 40.8 Å². The Labute approximate surface area is 150 Å². The number of aryl methyl sites for hydroxylation is 3. The smallest absolute Gasteiger partial charge is 0.270 e. The number of hydrogen-bond acceptors (Lipinski definition) is 3. The van der Waals surface area contributed by atoms with Gasteiger partial charge >= 0.3 is 0 Å². The molecule has 0 aliphatic rings. The summed E-state index contributed by atoms with van der Waals surface area (Å²) in [7, 11) is 3.56. The zero-order chi connectivity index (χ0) is 18.1. The van der Waals surface area contributed by atoms with Crippen molar-refractivity contribution in [1.29, 1.82) is 0 Å². The van der Waals surface area contributed by atoms with Crippen LogP contribution in [0.4, 0.5) is 4.39 Å². The Bertz CT molecular complexity index is 929. The predicted molar refractivity (Wildman–Crippen MR) is 98.2 cm³/mol. The van der Waals surface area contributed by atoms with Gasteiger partial charge in [0, 0.05) is 37.8 Å². The Morgan fingerprint density at radius 1 is 1.32 bits per heavy atom. The van der Waals surface area contributed by atoms with Crippen molar-refractivity contribution in [3.8, 4) is 11.3 Å². The Hall–Kier alpha value is -2.47. The number of aromatic nitrogens is 2. The van der Waals surface area contributed by atoms with Crippen molar-refractivity contribution < 1.29 is 9.18 Å². The van der Waals surface area contributed by atoms with Crippen LogP contribution in [0, 0.1) is 19.7 Å². The molecule has 4 nitrogen and oxygen atoms in total. The van der Waals surface area contributed by atoms with Crippen molar-refractivity contribution in [2.24, 2.45) is 7.05 Å². The highest BCUT2D eigenvalue weighted by molar-refractivity contribution is 7.09. The molecule has 6 heteroatoms. The molecular weight excluding hydrogens is 337 g/mol. The number of amides is 1. The molecule has 0 aliphatic heterocycles. The fraction of sp³-hybridized carbons (Fsp3) is 0.263. The summed E-state index contributed by atoms with van der Waals surface area (Å²) >= 11 is 1.58. The minimum atomic E-state index is -0.251. The van der Waals surface area contributed by atoms with Gasteiger partial charge in [-0.15, -0.1) is 11.3 Å². The summed E-state index contributed by atoms with van der Waals surface area (Å²) in [5.41, 5.74) is 3.74. The monoisotopic (exact) mass is 357 g/mol. The standard InChI is InChI=1S/C19H20FN3OS/c1-12-5-6-14(7-16(12)20)9-23(4)19(24)18-8-15(10-22(18)3)17-11-25-13(2)21-17/h5-8,10-11H,9H2,1-4H3. The van der Waals surface area contributed by atoms with Crippen molar-refractivity contribution in [2.45, 2.75) is 20.4 Å². The third-order valence-corrected chi connectivity index (χ3v) is 4.92. The Kier molecular flexibility index (Phi) is 4.72. The van der Waals surface area contributed by atoms with E-state index in [1.165, 1.54) is 6.07 Å². The van der Waals surface area contributed by atoms with Gasteiger partial charge in [-0.25, -0.2) is 9.37 Å². The summed E-state index contributed by atoms with van der Waals surface area (Å²) in [5.74, 6) is -0.361. The van der Waals surface area contributed by atoms with Gasteiger partial charge in [0.2, 0.25) is 0 Å². The zero-order valence-electron chi connectivity index (χ0n) is 14.7. The first-order valence-corrected chi connectivity index (χ1v) is 8.82. The predicted octanol–water partition coefficient (Wildman–Crippen LogP) is 4.18. The van der Waals surface area contributed by atoms with E-state index in [0.29, 0.717) is 17.8 Å². The van der Waals surface area contributed by atoms with E-state index < -0.39 is 0 Å². The molecule has 0 aliphatic carbocycles. The third-order valence-electron chi connectivity index (χ3n) is 4.14. The summed E-state index contributed by atoms with van der Waals surface area (Å²) in [4.78, 5) is 18.8. The number of halogens is 1. The van der Waals surface area contributed by atoms with E-state index >= 15 is 0 Å². The second kappa shape index (κ2) is 6.80. The molecule has 0 saturated heterocycles. The molecule has 25 heavy (non-hydrogen) atoms. The van der Waals surface area contributed by atoms with Crippen LogP contribution in [0.1, 0.15) is 26.6 Å². The fourth-order valence-corrected chi connectivity index (χ4v) is 3.31. The Morgan fingerprint density at radius 2 is 2.08 bits per heavy atom. The molecule has 0 saturated carbocycles. The van der Waals surface area contributed by atoms with Crippen LogP contribution in [-0.2, 0) is 13.6 Å². The van der Waals surface area contributed by atoms with Gasteiger partial charge < -0.3 is 9.47 Å². The largest absolute Gasteiger partial charge is 0.346 e. The van der Waals surface area contributed by atoms with Crippen LogP contribution in [0.5, 0.6) is 0 Å². The Balaban J connectivity index is 1.80. The van der Waals surface area contributed by atoms with Gasteiger partial charge in [0.05, 0.1) is 10.7 Å². The maximum absolute atomic E-state index is 13.7. The van der Waals surface area contributed by atoms with E-state index in [0.717, 1.165) is 21.8 Å². The first-order valence-electron chi connectivity index (χ1n) is 7.94. The molecule has 0 unspecified atom stereocenters. The van der Waals surface area contributed by atoms with Gasteiger partial charge in [-0.2, -0.15) is 0 Å². The molecule has 0 spiro atoms. The molecule has 0 fully saturated rings. The quantitative estimate of drug-likeness (QED) is 0.703. The summed E-state index contributed by atoms with van der Waals surface area (Å²) in [6.45, 7) is 4.03. The van der Waals surface area contributed by atoms with Crippen molar-refractivity contribution in [3.63, 3.8) is 0 Å². The maximum Gasteiger partial charge on any atom is 0.270 e. The number of thiazole rings is 1. The molecule has 0 bridgehead atoms. The third kappa shape index (κ3) is 3.64. The lowest BCUT2D eigenvalue weighted by Crippen LogP contribution is -2.27. The highest BCUT2D eigenvalue weighted by atomic mass is 32.1. The van der Waals surface area contributed by atoms with Gasteiger partial charge in [0.25, 0.3) is 5.91 Å². The minimum absolute atomic E-state index is 0.110. The number of hydrogen-bond donors (Lipinski definition) is 0. The number of benzene rings is 1. The highest BCUT2D eigenvalue weighted by Gasteiger charge is 2.18. The van der Waals surface area contributed by atoms with E-state index in [1.807, 2.05) is 37.7 Å². The lowest BCUT2D eigenvalue weighted by Gasteiger charge is -2.18. The van der Waals surface area contributed by atoms with Crippen molar-refractivity contribution in [1.82, 2.24) is 14.5 Å². The van der Waals surface area contributed by atoms with E-state index in [2.05, 4.69) is 4.98 Å². The Morgan fingerprint density at radius 3 is 2.72 bits per heavy atom. The number of carbonyl (C=O) groups excluding carboxylic acids is 1. The second-order valence-electron chi connectivity index (χ2n) is 6.22. The summed E-state index contributed by atoms with van der Waals surface area (Å²) in [6.07, 6.45) is 1.90. The second-order valence-corrected chi connectivity index (χ2v) is 7.28. The van der Waals surface area contributed by atoms with Crippen LogP contribution in [0.3, 0.4) is 0 Å². The maximum atomic E-state index is 13.7. The summed E-state index contributed by atoms with van der Waals surface area (Å²) in [5, 5.41) is 2.97. The van der Waals surface area contributed by atoms with Gasteiger partial charge in [0.15, 0.2) is 0 Å². The molecule has 2 heterocycles. The van der Waals surface area contributed by atoms with Gasteiger partial charge in [-0.3, -0.25) is 4.79 Å². The number of rotatable bonds is 4. The van der Waals surface area contributed by atoms with E-state index in [4.69, 9.17) is 0 Å². The first kappa shape index (κ1) is 17.4. The van der Waals surface area contributed by atoms with Gasteiger partial charge in [-0.1, -0.05) is 12.1 Å². The highest BCUT2D eigenvalue weighted by Crippen LogP contribution is 2.24. The molecular formula is C19H20FN3OS. The van der Waals surface area contributed by atoms with Crippen LogP contribution >= 0.6 is 11.3 Å². The molecule has 130 valence electrons. The topological polar surface area (TPSA) is 38.1 Å². The zero-order valence-corrected chi connectivity index (χ0v) is 15.5. The van der Waals surface area contributed by atoms with Crippen LogP contribution in [0.25, 0.3) is 11.3 Å². The molecule has 1 amide bonds.